The van der Waals surface area contributed by atoms with Crippen molar-refractivity contribution in [2.24, 2.45) is 5.73 Å². The SMILES string of the molecule is CCC(N)C(c1sccc1C)N(C)C1CCCN(C)C1. The number of piperidine rings is 1. The number of nitrogens with two attached hydrogens (primary N) is 1. The van der Waals surface area contributed by atoms with Crippen LogP contribution in [0.4, 0.5) is 0 Å². The molecule has 0 spiro atoms. The number of likely N-dealkylation sites (tertiary alicyclic amines) is 1. The average molecular weight is 295 g/mol. The number of hydrogen-bond donors (Lipinski definition) is 1. The van der Waals surface area contributed by atoms with E-state index in [-0.39, 0.29) is 6.04 Å². The third-order valence-corrected chi connectivity index (χ3v) is 5.75. The number of likely N-dealkylation sites (N-methyl/N-ethyl adjacent to an activating group) is 2. The van der Waals surface area contributed by atoms with E-state index in [1.54, 1.807) is 0 Å². The van der Waals surface area contributed by atoms with Gasteiger partial charge < -0.3 is 10.6 Å². The fraction of sp³-hybridized carbons (Fsp3) is 0.750. The van der Waals surface area contributed by atoms with Gasteiger partial charge in [0.25, 0.3) is 0 Å². The van der Waals surface area contributed by atoms with E-state index in [9.17, 15) is 0 Å². The second-order valence-electron chi connectivity index (χ2n) is 6.21. The van der Waals surface area contributed by atoms with Gasteiger partial charge in [-0.1, -0.05) is 6.92 Å². The molecule has 2 heterocycles. The first kappa shape index (κ1) is 16.0. The van der Waals surface area contributed by atoms with Gasteiger partial charge in [0, 0.05) is 23.5 Å². The first-order valence-corrected chi connectivity index (χ1v) is 8.62. The number of nitrogens with zero attached hydrogens (tertiary/aromatic N) is 2. The van der Waals surface area contributed by atoms with Gasteiger partial charge in [-0.15, -0.1) is 11.3 Å². The summed E-state index contributed by atoms with van der Waals surface area (Å²) in [6.07, 6.45) is 3.61. The molecule has 3 unspecified atom stereocenters. The third kappa shape index (κ3) is 3.42. The molecular formula is C16H29N3S. The van der Waals surface area contributed by atoms with Crippen molar-refractivity contribution < 1.29 is 0 Å². The van der Waals surface area contributed by atoms with Crippen LogP contribution in [0, 0.1) is 6.92 Å². The van der Waals surface area contributed by atoms with Crippen molar-refractivity contribution in [2.75, 3.05) is 27.2 Å². The molecular weight excluding hydrogens is 266 g/mol. The Kier molecular flexibility index (Phi) is 5.61. The van der Waals surface area contributed by atoms with Crippen molar-refractivity contribution in [1.82, 2.24) is 9.80 Å². The minimum Gasteiger partial charge on any atom is -0.326 e. The first-order chi connectivity index (χ1) is 9.54. The highest BCUT2D eigenvalue weighted by Crippen LogP contribution is 2.33. The Morgan fingerprint density at radius 2 is 2.30 bits per heavy atom. The summed E-state index contributed by atoms with van der Waals surface area (Å²) in [4.78, 5) is 6.44. The summed E-state index contributed by atoms with van der Waals surface area (Å²) in [5, 5.41) is 2.20. The summed E-state index contributed by atoms with van der Waals surface area (Å²) in [6, 6.07) is 3.41. The highest BCUT2D eigenvalue weighted by molar-refractivity contribution is 7.10. The van der Waals surface area contributed by atoms with Crippen LogP contribution >= 0.6 is 11.3 Å². The van der Waals surface area contributed by atoms with E-state index >= 15 is 0 Å². The molecule has 0 bridgehead atoms. The van der Waals surface area contributed by atoms with E-state index < -0.39 is 0 Å². The van der Waals surface area contributed by atoms with Crippen LogP contribution in [0.25, 0.3) is 0 Å². The highest BCUT2D eigenvalue weighted by Gasteiger charge is 2.31. The van der Waals surface area contributed by atoms with Gasteiger partial charge in [-0.25, -0.2) is 0 Å². The lowest BCUT2D eigenvalue weighted by molar-refractivity contribution is 0.0873. The van der Waals surface area contributed by atoms with Gasteiger partial charge >= 0.3 is 0 Å². The summed E-state index contributed by atoms with van der Waals surface area (Å²) < 4.78 is 0. The maximum atomic E-state index is 6.47. The van der Waals surface area contributed by atoms with E-state index in [1.807, 2.05) is 11.3 Å². The zero-order chi connectivity index (χ0) is 14.7. The van der Waals surface area contributed by atoms with Crippen molar-refractivity contribution in [3.63, 3.8) is 0 Å². The lowest BCUT2D eigenvalue weighted by atomic mass is 9.96. The Labute approximate surface area is 127 Å². The van der Waals surface area contributed by atoms with Crippen molar-refractivity contribution in [1.29, 1.82) is 0 Å². The standard InChI is InChI=1S/C16H29N3S/c1-5-14(17)15(16-12(2)8-10-20-16)19(4)13-7-6-9-18(3)11-13/h8,10,13-15H,5-7,9,11,17H2,1-4H3. The Morgan fingerprint density at radius 3 is 2.85 bits per heavy atom. The minimum absolute atomic E-state index is 0.213. The summed E-state index contributed by atoms with van der Waals surface area (Å²) in [7, 11) is 4.49. The molecule has 0 aromatic carbocycles. The average Bonchev–Trinajstić information content (AvgIpc) is 2.85. The van der Waals surface area contributed by atoms with Crippen LogP contribution in [0.3, 0.4) is 0 Å². The molecule has 3 nitrogen and oxygen atoms in total. The van der Waals surface area contributed by atoms with Crippen LogP contribution in [0.5, 0.6) is 0 Å². The molecule has 1 saturated heterocycles. The maximum Gasteiger partial charge on any atom is 0.0596 e. The van der Waals surface area contributed by atoms with Crippen LogP contribution in [0.2, 0.25) is 0 Å². The number of rotatable bonds is 5. The minimum atomic E-state index is 0.213. The molecule has 1 aromatic heterocycles. The second-order valence-corrected chi connectivity index (χ2v) is 7.16. The number of aryl methyl sites for hydroxylation is 1. The Morgan fingerprint density at radius 1 is 1.55 bits per heavy atom. The normalized spacial score (nSPS) is 24.0. The largest absolute Gasteiger partial charge is 0.326 e. The topological polar surface area (TPSA) is 32.5 Å². The molecule has 0 aliphatic carbocycles. The molecule has 2 N–H and O–H groups in total. The number of hydrogen-bond acceptors (Lipinski definition) is 4. The third-order valence-electron chi connectivity index (χ3n) is 4.66. The highest BCUT2D eigenvalue weighted by atomic mass is 32.1. The van der Waals surface area contributed by atoms with Crippen LogP contribution in [-0.4, -0.2) is 49.1 Å². The number of thiophene rings is 1. The van der Waals surface area contributed by atoms with Crippen molar-refractivity contribution >= 4 is 11.3 Å². The van der Waals surface area contributed by atoms with Gasteiger partial charge in [-0.2, -0.15) is 0 Å². The molecule has 0 amide bonds. The van der Waals surface area contributed by atoms with Crippen LogP contribution in [-0.2, 0) is 0 Å². The summed E-state index contributed by atoms with van der Waals surface area (Å²) in [5.41, 5.74) is 7.86. The Balaban J connectivity index is 2.20. The van der Waals surface area contributed by atoms with E-state index in [4.69, 9.17) is 5.73 Å². The second kappa shape index (κ2) is 7.03. The molecule has 0 saturated carbocycles. The molecule has 20 heavy (non-hydrogen) atoms. The van der Waals surface area contributed by atoms with Gasteiger partial charge in [0.15, 0.2) is 0 Å². The summed E-state index contributed by atoms with van der Waals surface area (Å²) in [5.74, 6) is 0. The molecule has 1 aliphatic rings. The molecule has 1 fully saturated rings. The summed E-state index contributed by atoms with van der Waals surface area (Å²) >= 11 is 1.86. The van der Waals surface area contributed by atoms with Crippen LogP contribution < -0.4 is 5.73 Å². The lowest BCUT2D eigenvalue weighted by Gasteiger charge is -2.42. The van der Waals surface area contributed by atoms with E-state index in [2.05, 4.69) is 49.2 Å². The molecule has 114 valence electrons. The van der Waals surface area contributed by atoms with Crippen LogP contribution in [0.1, 0.15) is 42.7 Å². The molecule has 1 aromatic rings. The zero-order valence-corrected chi connectivity index (χ0v) is 14.1. The lowest BCUT2D eigenvalue weighted by Crippen LogP contribution is -2.50. The molecule has 2 rings (SSSR count). The summed E-state index contributed by atoms with van der Waals surface area (Å²) in [6.45, 7) is 6.80. The van der Waals surface area contributed by atoms with Crippen LogP contribution in [0.15, 0.2) is 11.4 Å². The molecule has 0 radical (unpaired) electrons. The molecule has 3 atom stereocenters. The van der Waals surface area contributed by atoms with Gasteiger partial charge in [0.1, 0.15) is 0 Å². The fourth-order valence-corrected chi connectivity index (χ4v) is 4.44. The zero-order valence-electron chi connectivity index (χ0n) is 13.3. The maximum absolute atomic E-state index is 6.47. The first-order valence-electron chi connectivity index (χ1n) is 7.74. The van der Waals surface area contributed by atoms with Gasteiger partial charge in [0.2, 0.25) is 0 Å². The fourth-order valence-electron chi connectivity index (χ4n) is 3.29. The van der Waals surface area contributed by atoms with Crippen molar-refractivity contribution in [3.8, 4) is 0 Å². The van der Waals surface area contributed by atoms with Gasteiger partial charge in [0.05, 0.1) is 6.04 Å². The Hall–Kier alpha value is -0.420. The van der Waals surface area contributed by atoms with E-state index in [1.165, 1.54) is 29.8 Å². The van der Waals surface area contributed by atoms with E-state index in [0.29, 0.717) is 12.1 Å². The van der Waals surface area contributed by atoms with Gasteiger partial charge in [-0.3, -0.25) is 4.90 Å². The molecule has 4 heteroatoms. The quantitative estimate of drug-likeness (QED) is 0.906. The smallest absolute Gasteiger partial charge is 0.0596 e. The predicted molar refractivity (Wildman–Crippen MR) is 88.3 cm³/mol. The van der Waals surface area contributed by atoms with Gasteiger partial charge in [-0.05, 0) is 63.8 Å². The van der Waals surface area contributed by atoms with Crippen molar-refractivity contribution in [3.05, 3.63) is 21.9 Å². The predicted octanol–water partition coefficient (Wildman–Crippen LogP) is 2.86. The monoisotopic (exact) mass is 295 g/mol. The molecule has 1 aliphatic heterocycles. The van der Waals surface area contributed by atoms with Crippen molar-refractivity contribution in [2.45, 2.75) is 51.2 Å². The van der Waals surface area contributed by atoms with E-state index in [0.717, 1.165) is 13.0 Å². The Bertz CT molecular complexity index is 418.